The molecule has 0 bridgehead atoms. The highest BCUT2D eigenvalue weighted by Gasteiger charge is 2.06. The van der Waals surface area contributed by atoms with Gasteiger partial charge in [0.1, 0.15) is 11.6 Å². The monoisotopic (exact) mass is 309 g/mol. The number of aromatic nitrogens is 2. The van der Waals surface area contributed by atoms with Crippen molar-refractivity contribution < 1.29 is 9.18 Å². The zero-order valence-corrected chi connectivity index (χ0v) is 12.7. The molecule has 3 rings (SSSR count). The lowest BCUT2D eigenvalue weighted by atomic mass is 10.1. The number of carbonyl (C=O) groups is 1. The molecule has 1 heterocycles. The van der Waals surface area contributed by atoms with E-state index >= 15 is 0 Å². The van der Waals surface area contributed by atoms with Gasteiger partial charge in [-0.05, 0) is 42.8 Å². The van der Waals surface area contributed by atoms with E-state index in [1.807, 2.05) is 42.0 Å². The largest absolute Gasteiger partial charge is 0.348 e. The van der Waals surface area contributed by atoms with E-state index in [4.69, 9.17) is 0 Å². The van der Waals surface area contributed by atoms with Crippen LogP contribution in [0.5, 0.6) is 0 Å². The molecule has 2 aromatic carbocycles. The summed E-state index contributed by atoms with van der Waals surface area (Å²) in [6, 6.07) is 13.5. The molecule has 0 aliphatic carbocycles. The summed E-state index contributed by atoms with van der Waals surface area (Å²) >= 11 is 0. The zero-order valence-electron chi connectivity index (χ0n) is 12.7. The second kappa shape index (κ2) is 6.44. The number of carbonyl (C=O) groups excluding carboxylic acids is 1. The fourth-order valence-corrected chi connectivity index (χ4v) is 2.34. The highest BCUT2D eigenvalue weighted by Crippen LogP contribution is 2.12. The molecule has 1 aromatic heterocycles. The Balaban J connectivity index is 1.65. The minimum Gasteiger partial charge on any atom is -0.348 e. The lowest BCUT2D eigenvalue weighted by Crippen LogP contribution is -2.22. The number of nitrogens with one attached hydrogen (secondary N) is 1. The van der Waals surface area contributed by atoms with Gasteiger partial charge in [0.05, 0.1) is 0 Å². The molecule has 0 aliphatic heterocycles. The Morgan fingerprint density at radius 3 is 2.65 bits per heavy atom. The van der Waals surface area contributed by atoms with Crippen molar-refractivity contribution in [2.75, 3.05) is 0 Å². The number of rotatable bonds is 4. The third kappa shape index (κ3) is 3.45. The van der Waals surface area contributed by atoms with E-state index < -0.39 is 5.82 Å². The molecule has 0 saturated carbocycles. The lowest BCUT2D eigenvalue weighted by Gasteiger charge is -2.08. The lowest BCUT2D eigenvalue weighted by molar-refractivity contribution is 0.0950. The Hall–Kier alpha value is -2.95. The number of hydrogen-bond acceptors (Lipinski definition) is 2. The van der Waals surface area contributed by atoms with Crippen LogP contribution >= 0.6 is 0 Å². The summed E-state index contributed by atoms with van der Waals surface area (Å²) in [6.45, 7) is 2.33. The predicted molar refractivity (Wildman–Crippen MR) is 85.9 cm³/mol. The Morgan fingerprint density at radius 2 is 2.00 bits per heavy atom. The minimum atomic E-state index is -0.419. The maximum Gasteiger partial charge on any atom is 0.251 e. The Bertz CT molecular complexity index is 824. The van der Waals surface area contributed by atoms with Gasteiger partial charge in [-0.1, -0.05) is 18.2 Å². The van der Waals surface area contributed by atoms with E-state index in [0.29, 0.717) is 12.1 Å². The van der Waals surface area contributed by atoms with Crippen LogP contribution in [0.1, 0.15) is 21.7 Å². The summed E-state index contributed by atoms with van der Waals surface area (Å²) in [5.41, 5.74) is 2.30. The molecule has 0 atom stereocenters. The topological polar surface area (TPSA) is 46.9 Å². The molecular weight excluding hydrogens is 293 g/mol. The van der Waals surface area contributed by atoms with Gasteiger partial charge in [-0.25, -0.2) is 9.37 Å². The van der Waals surface area contributed by atoms with Gasteiger partial charge < -0.3 is 9.88 Å². The molecule has 116 valence electrons. The normalized spacial score (nSPS) is 10.5. The molecule has 4 nitrogen and oxygen atoms in total. The molecule has 0 radical (unpaired) electrons. The number of halogens is 1. The Labute approximate surface area is 133 Å². The molecule has 0 unspecified atom stereocenters. The van der Waals surface area contributed by atoms with Crippen LogP contribution in [0.25, 0.3) is 5.69 Å². The molecule has 0 fully saturated rings. The van der Waals surface area contributed by atoms with Crippen molar-refractivity contribution in [1.82, 2.24) is 14.9 Å². The third-order valence-corrected chi connectivity index (χ3v) is 3.58. The number of nitrogens with zero attached hydrogens (tertiary/aromatic N) is 2. The van der Waals surface area contributed by atoms with Crippen LogP contribution in [0.2, 0.25) is 0 Å². The number of hydrogen-bond donors (Lipinski definition) is 1. The molecule has 0 aliphatic rings. The summed E-state index contributed by atoms with van der Waals surface area (Å²) < 4.78 is 15.1. The first-order chi connectivity index (χ1) is 11.1. The molecule has 3 aromatic rings. The van der Waals surface area contributed by atoms with Gasteiger partial charge in [0, 0.05) is 30.2 Å². The van der Waals surface area contributed by atoms with Crippen LogP contribution in [-0.2, 0) is 6.54 Å². The average molecular weight is 309 g/mol. The molecule has 23 heavy (non-hydrogen) atoms. The fourth-order valence-electron chi connectivity index (χ4n) is 2.34. The van der Waals surface area contributed by atoms with Crippen LogP contribution in [0.15, 0.2) is 60.9 Å². The SMILES string of the molecule is Cc1nccn1-c1ccc(CNC(=O)c2cccc(F)c2)cc1. The van der Waals surface area contributed by atoms with Crippen molar-refractivity contribution in [2.24, 2.45) is 0 Å². The van der Waals surface area contributed by atoms with Crippen LogP contribution in [0.3, 0.4) is 0 Å². The fraction of sp³-hybridized carbons (Fsp3) is 0.111. The molecular formula is C18H16FN3O. The summed E-state index contributed by atoms with van der Waals surface area (Å²) in [4.78, 5) is 16.2. The second-order valence-corrected chi connectivity index (χ2v) is 5.20. The van der Waals surface area contributed by atoms with Crippen molar-refractivity contribution in [3.63, 3.8) is 0 Å². The van der Waals surface area contributed by atoms with E-state index in [2.05, 4.69) is 10.3 Å². The molecule has 5 heteroatoms. The van der Waals surface area contributed by atoms with Gasteiger partial charge in [-0.2, -0.15) is 0 Å². The summed E-state index contributed by atoms with van der Waals surface area (Å²) in [5.74, 6) is 0.203. The summed E-state index contributed by atoms with van der Waals surface area (Å²) in [7, 11) is 0. The number of amides is 1. The Morgan fingerprint density at radius 1 is 1.22 bits per heavy atom. The average Bonchev–Trinajstić information content (AvgIpc) is 2.99. The van der Waals surface area contributed by atoms with Crippen molar-refractivity contribution in [2.45, 2.75) is 13.5 Å². The van der Waals surface area contributed by atoms with Gasteiger partial charge in [-0.15, -0.1) is 0 Å². The highest BCUT2D eigenvalue weighted by atomic mass is 19.1. The van der Waals surface area contributed by atoms with E-state index in [-0.39, 0.29) is 5.91 Å². The first-order valence-corrected chi connectivity index (χ1v) is 7.26. The second-order valence-electron chi connectivity index (χ2n) is 5.20. The van der Waals surface area contributed by atoms with E-state index in [1.54, 1.807) is 12.3 Å². The van der Waals surface area contributed by atoms with E-state index in [9.17, 15) is 9.18 Å². The van der Waals surface area contributed by atoms with Crippen molar-refractivity contribution in [1.29, 1.82) is 0 Å². The van der Waals surface area contributed by atoms with Crippen LogP contribution in [-0.4, -0.2) is 15.5 Å². The van der Waals surface area contributed by atoms with Gasteiger partial charge in [-0.3, -0.25) is 4.79 Å². The third-order valence-electron chi connectivity index (χ3n) is 3.58. The standard InChI is InChI=1S/C18H16FN3O/c1-13-20-9-10-22(13)17-7-5-14(6-8-17)12-21-18(23)15-3-2-4-16(19)11-15/h2-11H,12H2,1H3,(H,21,23). The van der Waals surface area contributed by atoms with Crippen molar-refractivity contribution in [3.05, 3.63) is 83.7 Å². The highest BCUT2D eigenvalue weighted by molar-refractivity contribution is 5.94. The molecule has 1 amide bonds. The molecule has 0 spiro atoms. The smallest absolute Gasteiger partial charge is 0.251 e. The zero-order chi connectivity index (χ0) is 16.2. The van der Waals surface area contributed by atoms with Crippen LogP contribution in [0, 0.1) is 12.7 Å². The summed E-state index contributed by atoms with van der Waals surface area (Å²) in [6.07, 6.45) is 3.65. The predicted octanol–water partition coefficient (Wildman–Crippen LogP) is 3.25. The van der Waals surface area contributed by atoms with Crippen LogP contribution < -0.4 is 5.32 Å². The van der Waals surface area contributed by atoms with E-state index in [0.717, 1.165) is 17.1 Å². The first-order valence-electron chi connectivity index (χ1n) is 7.26. The number of aryl methyl sites for hydroxylation is 1. The quantitative estimate of drug-likeness (QED) is 0.804. The number of benzene rings is 2. The molecule has 1 N–H and O–H groups in total. The first kappa shape index (κ1) is 15.0. The minimum absolute atomic E-state index is 0.293. The van der Waals surface area contributed by atoms with Gasteiger partial charge >= 0.3 is 0 Å². The summed E-state index contributed by atoms with van der Waals surface area (Å²) in [5, 5.41) is 2.78. The van der Waals surface area contributed by atoms with Gasteiger partial charge in [0.15, 0.2) is 0 Å². The van der Waals surface area contributed by atoms with Crippen molar-refractivity contribution in [3.8, 4) is 5.69 Å². The van der Waals surface area contributed by atoms with Gasteiger partial charge in [0.25, 0.3) is 5.91 Å². The maximum absolute atomic E-state index is 13.1. The van der Waals surface area contributed by atoms with Crippen molar-refractivity contribution >= 4 is 5.91 Å². The Kier molecular flexibility index (Phi) is 4.19. The maximum atomic E-state index is 13.1. The van der Waals surface area contributed by atoms with Crippen LogP contribution in [0.4, 0.5) is 4.39 Å². The van der Waals surface area contributed by atoms with Gasteiger partial charge in [0.2, 0.25) is 0 Å². The molecule has 0 saturated heterocycles. The number of imidazole rings is 1. The van der Waals surface area contributed by atoms with E-state index in [1.165, 1.54) is 18.2 Å².